The third kappa shape index (κ3) is 5.58. The van der Waals surface area contributed by atoms with Crippen molar-refractivity contribution < 1.29 is 4.79 Å². The first kappa shape index (κ1) is 22.5. The Morgan fingerprint density at radius 1 is 1.12 bits per heavy atom. The molecule has 1 aromatic heterocycles. The van der Waals surface area contributed by atoms with E-state index in [2.05, 4.69) is 39.9 Å². The molecule has 3 aromatic rings. The van der Waals surface area contributed by atoms with E-state index >= 15 is 0 Å². The van der Waals surface area contributed by atoms with Crippen molar-refractivity contribution in [2.24, 2.45) is 12.0 Å². The van der Waals surface area contributed by atoms with Gasteiger partial charge >= 0.3 is 0 Å². The van der Waals surface area contributed by atoms with Gasteiger partial charge in [-0.25, -0.2) is 4.99 Å². The van der Waals surface area contributed by atoms with Crippen molar-refractivity contribution in [3.63, 3.8) is 0 Å². The molecular formula is C25H31N7O. The lowest BCUT2D eigenvalue weighted by Crippen LogP contribution is -2.39. The molecule has 2 aromatic carbocycles. The number of rotatable bonds is 7. The average Bonchev–Trinajstić information content (AvgIpc) is 3.41. The van der Waals surface area contributed by atoms with Crippen LogP contribution in [-0.2, 0) is 24.9 Å². The van der Waals surface area contributed by atoms with Crippen LogP contribution in [0.15, 0.2) is 59.6 Å². The molecule has 4 rings (SSSR count). The van der Waals surface area contributed by atoms with Gasteiger partial charge in [0, 0.05) is 25.7 Å². The van der Waals surface area contributed by atoms with Gasteiger partial charge in [-0.05, 0) is 43.5 Å². The topological polar surface area (TPSA) is 87.4 Å². The molecule has 1 aliphatic rings. The van der Waals surface area contributed by atoms with Gasteiger partial charge in [-0.3, -0.25) is 4.79 Å². The van der Waals surface area contributed by atoms with Gasteiger partial charge in [0.2, 0.25) is 5.91 Å². The number of nitrogens with zero attached hydrogens (tertiary/aromatic N) is 5. The number of aryl methyl sites for hydroxylation is 1. The number of hydrogen-bond donors (Lipinski definition) is 2. The summed E-state index contributed by atoms with van der Waals surface area (Å²) in [5.41, 5.74) is 3.21. The zero-order valence-corrected chi connectivity index (χ0v) is 19.5. The van der Waals surface area contributed by atoms with Crippen LogP contribution in [0.3, 0.4) is 0 Å². The number of aromatic nitrogens is 3. The lowest BCUT2D eigenvalue weighted by Gasteiger charge is -2.19. The highest BCUT2D eigenvalue weighted by molar-refractivity contribution is 5.95. The zero-order valence-electron chi connectivity index (χ0n) is 19.5. The molecule has 2 heterocycles. The van der Waals surface area contributed by atoms with Crippen molar-refractivity contribution >= 4 is 17.6 Å². The third-order valence-electron chi connectivity index (χ3n) is 5.99. The second kappa shape index (κ2) is 10.3. The summed E-state index contributed by atoms with van der Waals surface area (Å²) in [6.45, 7) is 5.87. The number of aliphatic imine (C=N–C) groups is 1. The van der Waals surface area contributed by atoms with Crippen molar-refractivity contribution in [2.75, 3.05) is 11.4 Å². The van der Waals surface area contributed by atoms with E-state index in [4.69, 9.17) is 4.99 Å². The Morgan fingerprint density at radius 3 is 2.52 bits per heavy atom. The summed E-state index contributed by atoms with van der Waals surface area (Å²) < 4.78 is 1.96. The lowest BCUT2D eigenvalue weighted by molar-refractivity contribution is -0.117. The zero-order chi connectivity index (χ0) is 23.2. The van der Waals surface area contributed by atoms with Crippen LogP contribution in [0.2, 0.25) is 0 Å². The molecule has 1 aliphatic heterocycles. The first-order valence-electron chi connectivity index (χ1n) is 11.4. The number of benzene rings is 2. The Kier molecular flexibility index (Phi) is 7.02. The number of carbonyl (C=O) groups is 1. The van der Waals surface area contributed by atoms with Crippen molar-refractivity contribution in [2.45, 2.75) is 45.8 Å². The highest BCUT2D eigenvalue weighted by Crippen LogP contribution is 2.21. The van der Waals surface area contributed by atoms with E-state index in [1.54, 1.807) is 0 Å². The Labute approximate surface area is 194 Å². The van der Waals surface area contributed by atoms with Crippen LogP contribution in [-0.4, -0.2) is 33.2 Å². The van der Waals surface area contributed by atoms with Crippen LogP contribution in [0.25, 0.3) is 0 Å². The number of hydrogen-bond acceptors (Lipinski definition) is 4. The third-order valence-corrected chi connectivity index (χ3v) is 5.99. The molecule has 1 fully saturated rings. The molecule has 172 valence electrons. The predicted molar refractivity (Wildman–Crippen MR) is 130 cm³/mol. The molecule has 1 amide bonds. The fourth-order valence-electron chi connectivity index (χ4n) is 3.82. The van der Waals surface area contributed by atoms with Gasteiger partial charge in [0.25, 0.3) is 0 Å². The van der Waals surface area contributed by atoms with Crippen molar-refractivity contribution in [1.29, 1.82) is 0 Å². The van der Waals surface area contributed by atoms with Gasteiger partial charge in [0.05, 0.1) is 19.1 Å². The number of guanidine groups is 1. The number of amides is 1. The molecule has 2 N–H and O–H groups in total. The summed E-state index contributed by atoms with van der Waals surface area (Å²) in [6, 6.07) is 18.4. The monoisotopic (exact) mass is 445 g/mol. The second-order valence-electron chi connectivity index (χ2n) is 8.33. The van der Waals surface area contributed by atoms with E-state index in [0.29, 0.717) is 25.5 Å². The molecule has 0 aliphatic carbocycles. The van der Waals surface area contributed by atoms with Crippen molar-refractivity contribution in [3.8, 4) is 0 Å². The van der Waals surface area contributed by atoms with Gasteiger partial charge in [0.15, 0.2) is 11.8 Å². The molecule has 1 atom stereocenters. The van der Waals surface area contributed by atoms with Gasteiger partial charge < -0.3 is 20.1 Å². The molecule has 0 bridgehead atoms. The van der Waals surface area contributed by atoms with Crippen LogP contribution in [0, 0.1) is 6.92 Å². The molecule has 33 heavy (non-hydrogen) atoms. The van der Waals surface area contributed by atoms with E-state index in [9.17, 15) is 4.79 Å². The molecule has 8 nitrogen and oxygen atoms in total. The molecule has 8 heteroatoms. The van der Waals surface area contributed by atoms with Crippen LogP contribution in [0.4, 0.5) is 5.69 Å². The fourth-order valence-corrected chi connectivity index (χ4v) is 3.82. The standard InChI is InChI=1S/C25H31N7O/c1-18(21-8-5-4-6-9-21)28-25(27-17-23-30-29-19(2)31(23)3)26-16-20-11-13-22(14-12-20)32-15-7-10-24(32)33/h4-6,8-9,11-14,18H,7,10,15-17H2,1-3H3,(H2,26,27,28). The highest BCUT2D eigenvalue weighted by Gasteiger charge is 2.21. The molecule has 0 saturated carbocycles. The molecule has 0 spiro atoms. The quantitative estimate of drug-likeness (QED) is 0.431. The minimum atomic E-state index is 0.0854. The summed E-state index contributed by atoms with van der Waals surface area (Å²) in [5, 5.41) is 15.2. The Hall–Kier alpha value is -3.68. The van der Waals surface area contributed by atoms with E-state index in [0.717, 1.165) is 35.9 Å². The van der Waals surface area contributed by atoms with Crippen molar-refractivity contribution in [1.82, 2.24) is 25.4 Å². The SMILES string of the molecule is Cc1nnc(CNC(=NCc2ccc(N3CCCC3=O)cc2)NC(C)c2ccccc2)n1C. The largest absolute Gasteiger partial charge is 0.350 e. The maximum atomic E-state index is 12.0. The molecular weight excluding hydrogens is 414 g/mol. The van der Waals surface area contributed by atoms with Gasteiger partial charge in [-0.2, -0.15) is 0 Å². The minimum absolute atomic E-state index is 0.0854. The van der Waals surface area contributed by atoms with Crippen LogP contribution >= 0.6 is 0 Å². The van der Waals surface area contributed by atoms with Crippen molar-refractivity contribution in [3.05, 3.63) is 77.4 Å². The highest BCUT2D eigenvalue weighted by atomic mass is 16.2. The number of carbonyl (C=O) groups excluding carboxylic acids is 1. The smallest absolute Gasteiger partial charge is 0.227 e. The van der Waals surface area contributed by atoms with Crippen LogP contribution in [0.1, 0.15) is 48.6 Å². The van der Waals surface area contributed by atoms with Gasteiger partial charge in [0.1, 0.15) is 5.82 Å². The first-order chi connectivity index (χ1) is 16.0. The Morgan fingerprint density at radius 2 is 1.88 bits per heavy atom. The maximum absolute atomic E-state index is 12.0. The van der Waals surface area contributed by atoms with Crippen LogP contribution in [0.5, 0.6) is 0 Å². The van der Waals surface area contributed by atoms with Crippen LogP contribution < -0.4 is 15.5 Å². The molecule has 1 saturated heterocycles. The number of nitrogens with one attached hydrogen (secondary N) is 2. The Balaban J connectivity index is 1.46. The summed E-state index contributed by atoms with van der Waals surface area (Å²) in [5.74, 6) is 2.61. The average molecular weight is 446 g/mol. The molecule has 1 unspecified atom stereocenters. The normalized spacial score (nSPS) is 15.1. The minimum Gasteiger partial charge on any atom is -0.350 e. The van der Waals surface area contributed by atoms with E-state index < -0.39 is 0 Å². The summed E-state index contributed by atoms with van der Waals surface area (Å²) in [4.78, 5) is 18.6. The molecule has 0 radical (unpaired) electrons. The lowest BCUT2D eigenvalue weighted by atomic mass is 10.1. The Bertz CT molecular complexity index is 1110. The summed E-state index contributed by atoms with van der Waals surface area (Å²) >= 11 is 0. The first-order valence-corrected chi connectivity index (χ1v) is 11.4. The fraction of sp³-hybridized carbons (Fsp3) is 0.360. The van der Waals surface area contributed by atoms with E-state index in [1.807, 2.05) is 65.9 Å². The van der Waals surface area contributed by atoms with Gasteiger partial charge in [-0.1, -0.05) is 42.5 Å². The summed E-state index contributed by atoms with van der Waals surface area (Å²) in [6.07, 6.45) is 1.56. The maximum Gasteiger partial charge on any atom is 0.227 e. The second-order valence-corrected chi connectivity index (χ2v) is 8.33. The predicted octanol–water partition coefficient (Wildman–Crippen LogP) is 3.25. The number of anilines is 1. The van der Waals surface area contributed by atoms with E-state index in [1.165, 1.54) is 5.56 Å². The van der Waals surface area contributed by atoms with Gasteiger partial charge in [-0.15, -0.1) is 10.2 Å². The van der Waals surface area contributed by atoms with E-state index in [-0.39, 0.29) is 11.9 Å². The summed E-state index contributed by atoms with van der Waals surface area (Å²) in [7, 11) is 1.95.